The van der Waals surface area contributed by atoms with Crippen molar-refractivity contribution in [2.75, 3.05) is 52.5 Å². The smallest absolute Gasteiger partial charge is 0.307 e. The van der Waals surface area contributed by atoms with Crippen LogP contribution < -0.4 is 0 Å². The lowest BCUT2D eigenvalue weighted by Gasteiger charge is -2.28. The van der Waals surface area contributed by atoms with Crippen LogP contribution in [0.15, 0.2) is 24.3 Å². The fourth-order valence-corrected chi connectivity index (χ4v) is 3.04. The summed E-state index contributed by atoms with van der Waals surface area (Å²) in [6.07, 6.45) is 1.10. The van der Waals surface area contributed by atoms with Crippen molar-refractivity contribution in [3.8, 4) is 0 Å². The maximum Gasteiger partial charge on any atom is 0.307 e. The molecular weight excluding hydrogens is 332 g/mol. The molecule has 6 heteroatoms. The van der Waals surface area contributed by atoms with E-state index in [4.69, 9.17) is 9.47 Å². The van der Waals surface area contributed by atoms with Gasteiger partial charge in [-0.3, -0.25) is 14.5 Å². The molecule has 0 atom stereocenters. The molecule has 0 spiro atoms. The summed E-state index contributed by atoms with van der Waals surface area (Å²) >= 11 is 0. The molecule has 144 valence electrons. The number of aryl methyl sites for hydroxylation is 1. The molecule has 1 aromatic carbocycles. The minimum atomic E-state index is -0.261. The van der Waals surface area contributed by atoms with Crippen LogP contribution in [0.5, 0.6) is 0 Å². The number of carbonyl (C=O) groups excluding carboxylic acids is 2. The SMILES string of the molecule is CCOC(=O)CCN(CCCN1CCOCC1)C(=O)c1cccc(C)c1. The first-order valence-electron chi connectivity index (χ1n) is 9.42. The van der Waals surface area contributed by atoms with Crippen molar-refractivity contribution in [2.24, 2.45) is 0 Å². The van der Waals surface area contributed by atoms with Gasteiger partial charge in [0.15, 0.2) is 0 Å². The van der Waals surface area contributed by atoms with Gasteiger partial charge < -0.3 is 14.4 Å². The van der Waals surface area contributed by atoms with Crippen molar-refractivity contribution in [1.29, 1.82) is 0 Å². The van der Waals surface area contributed by atoms with Gasteiger partial charge >= 0.3 is 5.97 Å². The van der Waals surface area contributed by atoms with Crippen LogP contribution >= 0.6 is 0 Å². The first-order valence-corrected chi connectivity index (χ1v) is 9.42. The average molecular weight is 362 g/mol. The predicted octanol–water partition coefficient (Wildman–Crippen LogP) is 2.11. The van der Waals surface area contributed by atoms with Crippen LogP contribution in [0.25, 0.3) is 0 Å². The van der Waals surface area contributed by atoms with Crippen molar-refractivity contribution in [3.63, 3.8) is 0 Å². The van der Waals surface area contributed by atoms with Gasteiger partial charge in [0.2, 0.25) is 0 Å². The normalized spacial score (nSPS) is 14.8. The number of hydrogen-bond acceptors (Lipinski definition) is 5. The molecule has 0 aliphatic carbocycles. The van der Waals surface area contributed by atoms with E-state index in [0.29, 0.717) is 25.3 Å². The van der Waals surface area contributed by atoms with Crippen LogP contribution in [0.3, 0.4) is 0 Å². The van der Waals surface area contributed by atoms with Crippen LogP contribution in [0, 0.1) is 6.92 Å². The van der Waals surface area contributed by atoms with Crippen molar-refractivity contribution >= 4 is 11.9 Å². The first kappa shape index (κ1) is 20.4. The van der Waals surface area contributed by atoms with Crippen LogP contribution in [0.1, 0.15) is 35.7 Å². The van der Waals surface area contributed by atoms with E-state index < -0.39 is 0 Å². The van der Waals surface area contributed by atoms with Gasteiger partial charge in [0.25, 0.3) is 5.91 Å². The summed E-state index contributed by atoms with van der Waals surface area (Å²) in [4.78, 5) is 28.7. The Morgan fingerprint density at radius 3 is 2.69 bits per heavy atom. The highest BCUT2D eigenvalue weighted by molar-refractivity contribution is 5.94. The molecule has 1 aliphatic heterocycles. The van der Waals surface area contributed by atoms with Crippen LogP contribution in [0.4, 0.5) is 0 Å². The fraction of sp³-hybridized carbons (Fsp3) is 0.600. The minimum Gasteiger partial charge on any atom is -0.466 e. The largest absolute Gasteiger partial charge is 0.466 e. The molecule has 1 heterocycles. The molecule has 26 heavy (non-hydrogen) atoms. The van der Waals surface area contributed by atoms with Crippen LogP contribution in [-0.4, -0.2) is 74.2 Å². The number of carbonyl (C=O) groups is 2. The summed E-state index contributed by atoms with van der Waals surface area (Å²) in [5.74, 6) is -0.289. The molecule has 1 aliphatic rings. The molecule has 0 saturated carbocycles. The number of benzene rings is 1. The maximum absolute atomic E-state index is 12.9. The molecule has 0 radical (unpaired) electrons. The standard InChI is InChI=1S/C20H30N2O4/c1-3-26-19(23)8-11-22(10-5-9-21-12-14-25-15-13-21)20(24)18-7-4-6-17(2)16-18/h4,6-7,16H,3,5,8-15H2,1-2H3. The first-order chi connectivity index (χ1) is 12.6. The minimum absolute atomic E-state index is 0.0278. The van der Waals surface area contributed by atoms with E-state index in [0.717, 1.165) is 44.8 Å². The van der Waals surface area contributed by atoms with E-state index in [2.05, 4.69) is 4.90 Å². The van der Waals surface area contributed by atoms with Crippen molar-refractivity contribution < 1.29 is 19.1 Å². The number of morpholine rings is 1. The lowest BCUT2D eigenvalue weighted by molar-refractivity contribution is -0.143. The summed E-state index contributed by atoms with van der Waals surface area (Å²) in [6, 6.07) is 7.58. The lowest BCUT2D eigenvalue weighted by Crippen LogP contribution is -2.39. The van der Waals surface area contributed by atoms with Crippen LogP contribution in [0.2, 0.25) is 0 Å². The summed E-state index contributed by atoms with van der Waals surface area (Å²) in [7, 11) is 0. The monoisotopic (exact) mass is 362 g/mol. The van der Waals surface area contributed by atoms with Gasteiger partial charge in [0, 0.05) is 38.3 Å². The third-order valence-electron chi connectivity index (χ3n) is 4.45. The van der Waals surface area contributed by atoms with E-state index >= 15 is 0 Å². The van der Waals surface area contributed by atoms with E-state index in [1.807, 2.05) is 31.2 Å². The molecule has 0 N–H and O–H groups in total. The van der Waals surface area contributed by atoms with E-state index in [1.165, 1.54) is 0 Å². The molecule has 1 saturated heterocycles. The highest BCUT2D eigenvalue weighted by Gasteiger charge is 2.18. The van der Waals surface area contributed by atoms with Gasteiger partial charge in [-0.15, -0.1) is 0 Å². The summed E-state index contributed by atoms with van der Waals surface area (Å²) in [5, 5.41) is 0. The number of ether oxygens (including phenoxy) is 2. The zero-order chi connectivity index (χ0) is 18.8. The Labute approximate surface area is 156 Å². The Balaban J connectivity index is 1.93. The van der Waals surface area contributed by atoms with Gasteiger partial charge in [0.05, 0.1) is 26.2 Å². The van der Waals surface area contributed by atoms with Gasteiger partial charge in [-0.25, -0.2) is 0 Å². The van der Waals surface area contributed by atoms with E-state index in [-0.39, 0.29) is 18.3 Å². The van der Waals surface area contributed by atoms with Gasteiger partial charge in [-0.1, -0.05) is 17.7 Å². The molecule has 0 aromatic heterocycles. The third kappa shape index (κ3) is 6.77. The Morgan fingerprint density at radius 1 is 1.23 bits per heavy atom. The second kappa shape index (κ2) is 10.9. The molecule has 0 bridgehead atoms. The number of hydrogen-bond donors (Lipinski definition) is 0. The van der Waals surface area contributed by atoms with E-state index in [1.54, 1.807) is 11.8 Å². The molecule has 0 unspecified atom stereocenters. The Bertz CT molecular complexity index is 585. The maximum atomic E-state index is 12.9. The van der Waals surface area contributed by atoms with Gasteiger partial charge in [-0.05, 0) is 32.4 Å². The molecule has 2 rings (SSSR count). The third-order valence-corrected chi connectivity index (χ3v) is 4.45. The highest BCUT2D eigenvalue weighted by atomic mass is 16.5. The Kier molecular flexibility index (Phi) is 8.58. The molecule has 1 aromatic rings. The van der Waals surface area contributed by atoms with Crippen molar-refractivity contribution in [2.45, 2.75) is 26.7 Å². The van der Waals surface area contributed by atoms with Crippen molar-refractivity contribution in [1.82, 2.24) is 9.80 Å². The lowest BCUT2D eigenvalue weighted by atomic mass is 10.1. The summed E-state index contributed by atoms with van der Waals surface area (Å²) in [6.45, 7) is 9.49. The highest BCUT2D eigenvalue weighted by Crippen LogP contribution is 2.10. The number of esters is 1. The topological polar surface area (TPSA) is 59.1 Å². The number of amides is 1. The molecule has 1 fully saturated rings. The fourth-order valence-electron chi connectivity index (χ4n) is 3.04. The van der Waals surface area contributed by atoms with Gasteiger partial charge in [0.1, 0.15) is 0 Å². The second-order valence-electron chi connectivity index (χ2n) is 6.52. The van der Waals surface area contributed by atoms with Crippen molar-refractivity contribution in [3.05, 3.63) is 35.4 Å². The van der Waals surface area contributed by atoms with E-state index in [9.17, 15) is 9.59 Å². The predicted molar refractivity (Wildman–Crippen MR) is 100 cm³/mol. The molecule has 6 nitrogen and oxygen atoms in total. The zero-order valence-corrected chi connectivity index (χ0v) is 15.9. The number of nitrogens with zero attached hydrogens (tertiary/aromatic N) is 2. The Hall–Kier alpha value is -1.92. The number of rotatable bonds is 9. The molecular formula is C20H30N2O4. The van der Waals surface area contributed by atoms with Gasteiger partial charge in [-0.2, -0.15) is 0 Å². The van der Waals surface area contributed by atoms with Crippen LogP contribution in [-0.2, 0) is 14.3 Å². The summed E-state index contributed by atoms with van der Waals surface area (Å²) in [5.41, 5.74) is 1.72. The zero-order valence-electron chi connectivity index (χ0n) is 15.9. The molecule has 1 amide bonds. The Morgan fingerprint density at radius 2 is 2.00 bits per heavy atom. The summed E-state index contributed by atoms with van der Waals surface area (Å²) < 4.78 is 10.4. The quantitative estimate of drug-likeness (QED) is 0.630. The average Bonchev–Trinajstić information content (AvgIpc) is 2.65. The second-order valence-corrected chi connectivity index (χ2v) is 6.52.